The van der Waals surface area contributed by atoms with Crippen LogP contribution < -0.4 is 21.5 Å². The molecular weight excluding hydrogens is 435 g/mol. The van der Waals surface area contributed by atoms with Crippen molar-refractivity contribution in [3.05, 3.63) is 71.7 Å². The van der Waals surface area contributed by atoms with Crippen LogP contribution in [0, 0.1) is 5.82 Å². The number of hydrogen-bond donors (Lipinski definition) is 4. The number of halogens is 1. The third-order valence-corrected chi connectivity index (χ3v) is 5.99. The second kappa shape index (κ2) is 8.02. The fraction of sp³-hybridized carbons (Fsp3) is 0.0952. The predicted octanol–water partition coefficient (Wildman–Crippen LogP) is 2.81. The zero-order valence-electron chi connectivity index (χ0n) is 16.7. The summed E-state index contributed by atoms with van der Waals surface area (Å²) in [5, 5.41) is 10.8. The minimum atomic E-state index is -4.06. The fourth-order valence-corrected chi connectivity index (χ4v) is 4.15. The first-order valence-electron chi connectivity index (χ1n) is 9.47. The number of primary sulfonamides is 1. The summed E-state index contributed by atoms with van der Waals surface area (Å²) < 4.78 is 38.4. The average Bonchev–Trinajstić information content (AvgIpc) is 3.07. The van der Waals surface area contributed by atoms with Gasteiger partial charge in [-0.25, -0.2) is 22.9 Å². The van der Waals surface area contributed by atoms with Crippen molar-refractivity contribution in [1.82, 2.24) is 9.97 Å². The number of hydrogen-bond acceptors (Lipinski definition) is 7. The van der Waals surface area contributed by atoms with Crippen LogP contribution in [0.5, 0.6) is 0 Å². The van der Waals surface area contributed by atoms with Gasteiger partial charge < -0.3 is 16.4 Å². The topological polar surface area (TPSA) is 153 Å². The number of primary amides is 1. The number of nitrogens with two attached hydrogens (primary N) is 2. The second-order valence-electron chi connectivity index (χ2n) is 7.20. The summed E-state index contributed by atoms with van der Waals surface area (Å²) in [5.41, 5.74) is 8.18. The van der Waals surface area contributed by atoms with E-state index in [-0.39, 0.29) is 33.6 Å². The molecule has 0 bridgehead atoms. The van der Waals surface area contributed by atoms with Crippen LogP contribution in [0.25, 0.3) is 5.57 Å². The highest BCUT2D eigenvalue weighted by Crippen LogP contribution is 2.35. The zero-order valence-corrected chi connectivity index (χ0v) is 17.5. The van der Waals surface area contributed by atoms with Crippen molar-refractivity contribution in [2.75, 3.05) is 10.6 Å². The molecule has 9 nitrogen and oxygen atoms in total. The number of amides is 1. The Morgan fingerprint density at radius 1 is 1.12 bits per heavy atom. The predicted molar refractivity (Wildman–Crippen MR) is 119 cm³/mol. The fourth-order valence-electron chi connectivity index (χ4n) is 3.45. The van der Waals surface area contributed by atoms with Crippen LogP contribution in [0.4, 0.5) is 27.5 Å². The van der Waals surface area contributed by atoms with Crippen LogP contribution in [0.2, 0.25) is 0 Å². The quantitative estimate of drug-likeness (QED) is 0.447. The number of carbonyl (C=O) groups excluding carboxylic acids is 1. The molecule has 1 heterocycles. The zero-order chi connectivity index (χ0) is 23.0. The molecule has 3 aromatic rings. The molecule has 1 aliphatic carbocycles. The molecule has 0 saturated carbocycles. The number of nitrogens with one attached hydrogen (secondary N) is 2. The molecule has 2 aromatic carbocycles. The molecular formula is C21H19FN6O3S. The number of para-hydroxylation sites is 1. The molecule has 0 fully saturated rings. The van der Waals surface area contributed by atoms with Gasteiger partial charge in [-0.2, -0.15) is 4.98 Å². The van der Waals surface area contributed by atoms with Gasteiger partial charge in [-0.3, -0.25) is 4.79 Å². The summed E-state index contributed by atoms with van der Waals surface area (Å²) in [6.07, 6.45) is 2.67. The van der Waals surface area contributed by atoms with E-state index < -0.39 is 21.7 Å². The monoisotopic (exact) mass is 454 g/mol. The van der Waals surface area contributed by atoms with Gasteiger partial charge in [-0.05, 0) is 53.8 Å². The molecule has 0 unspecified atom stereocenters. The normalized spacial score (nSPS) is 13.0. The number of aromatic nitrogens is 2. The Hall–Kier alpha value is -3.83. The maximum atomic E-state index is 14.6. The lowest BCUT2D eigenvalue weighted by atomic mass is 10.1. The van der Waals surface area contributed by atoms with Crippen molar-refractivity contribution in [2.45, 2.75) is 17.7 Å². The van der Waals surface area contributed by atoms with E-state index in [9.17, 15) is 17.6 Å². The maximum absolute atomic E-state index is 14.6. The van der Waals surface area contributed by atoms with Gasteiger partial charge >= 0.3 is 0 Å². The Kier molecular flexibility index (Phi) is 5.36. The lowest BCUT2D eigenvalue weighted by Crippen LogP contribution is -2.17. The molecule has 0 spiro atoms. The number of nitrogens with zero attached hydrogens (tertiary/aromatic N) is 2. The van der Waals surface area contributed by atoms with Gasteiger partial charge in [-0.1, -0.05) is 18.7 Å². The Balaban J connectivity index is 1.72. The standard InChI is InChI=1S/C21H19FN6O3S/c1-11-6-7-12-8-17(15(22)9-13(11)12)27-21-25-10-14(19(23)29)20(28-21)26-16-4-2-3-5-18(16)32(24,30)31/h2-5,8-10H,1,6-7H2,(H2,23,29)(H2,24,30,31)(H2,25,26,27,28). The van der Waals surface area contributed by atoms with E-state index in [0.29, 0.717) is 0 Å². The molecule has 11 heteroatoms. The van der Waals surface area contributed by atoms with Crippen molar-refractivity contribution in [3.8, 4) is 0 Å². The van der Waals surface area contributed by atoms with Gasteiger partial charge in [0.15, 0.2) is 0 Å². The van der Waals surface area contributed by atoms with E-state index in [2.05, 4.69) is 27.2 Å². The summed E-state index contributed by atoms with van der Waals surface area (Å²) in [4.78, 5) is 19.9. The summed E-state index contributed by atoms with van der Waals surface area (Å²) in [5.74, 6) is -1.44. The highest BCUT2D eigenvalue weighted by molar-refractivity contribution is 7.89. The molecule has 0 radical (unpaired) electrons. The lowest BCUT2D eigenvalue weighted by molar-refractivity contribution is 0.100. The largest absolute Gasteiger partial charge is 0.365 e. The number of aryl methyl sites for hydroxylation is 1. The van der Waals surface area contributed by atoms with Crippen LogP contribution in [0.1, 0.15) is 27.9 Å². The van der Waals surface area contributed by atoms with E-state index in [1.165, 1.54) is 24.3 Å². The maximum Gasteiger partial charge on any atom is 0.254 e. The van der Waals surface area contributed by atoms with E-state index >= 15 is 0 Å². The third kappa shape index (κ3) is 4.15. The molecule has 1 aromatic heterocycles. The molecule has 164 valence electrons. The van der Waals surface area contributed by atoms with Crippen LogP contribution >= 0.6 is 0 Å². The molecule has 1 amide bonds. The van der Waals surface area contributed by atoms with Gasteiger partial charge in [-0.15, -0.1) is 0 Å². The Morgan fingerprint density at radius 2 is 1.88 bits per heavy atom. The van der Waals surface area contributed by atoms with Crippen LogP contribution in [0.15, 0.2) is 54.1 Å². The smallest absolute Gasteiger partial charge is 0.254 e. The van der Waals surface area contributed by atoms with Crippen molar-refractivity contribution in [2.24, 2.45) is 10.9 Å². The molecule has 1 aliphatic rings. The molecule has 4 rings (SSSR count). The first-order chi connectivity index (χ1) is 15.1. The number of anilines is 4. The minimum Gasteiger partial charge on any atom is -0.365 e. The second-order valence-corrected chi connectivity index (χ2v) is 8.73. The first kappa shape index (κ1) is 21.4. The van der Waals surface area contributed by atoms with Crippen molar-refractivity contribution in [3.63, 3.8) is 0 Å². The highest BCUT2D eigenvalue weighted by atomic mass is 32.2. The molecule has 0 aliphatic heterocycles. The molecule has 0 atom stereocenters. The summed E-state index contributed by atoms with van der Waals surface area (Å²) in [7, 11) is -4.06. The first-order valence-corrected chi connectivity index (χ1v) is 11.0. The Morgan fingerprint density at radius 3 is 2.59 bits per heavy atom. The lowest BCUT2D eigenvalue weighted by Gasteiger charge is -2.14. The molecule has 32 heavy (non-hydrogen) atoms. The van der Waals surface area contributed by atoms with Crippen molar-refractivity contribution in [1.29, 1.82) is 0 Å². The molecule has 6 N–H and O–H groups in total. The van der Waals surface area contributed by atoms with E-state index in [1.807, 2.05) is 0 Å². The summed E-state index contributed by atoms with van der Waals surface area (Å²) in [6.45, 7) is 3.94. The Labute approximate surface area is 183 Å². The van der Waals surface area contributed by atoms with Crippen LogP contribution in [-0.4, -0.2) is 24.3 Å². The summed E-state index contributed by atoms with van der Waals surface area (Å²) in [6, 6.07) is 8.90. The number of allylic oxidation sites excluding steroid dienone is 1. The van der Waals surface area contributed by atoms with E-state index in [0.717, 1.165) is 35.7 Å². The van der Waals surface area contributed by atoms with Gasteiger partial charge in [0.1, 0.15) is 22.1 Å². The number of rotatable bonds is 6. The molecule has 0 saturated heterocycles. The van der Waals surface area contributed by atoms with Crippen molar-refractivity contribution >= 4 is 44.6 Å². The Bertz CT molecular complexity index is 1370. The summed E-state index contributed by atoms with van der Waals surface area (Å²) >= 11 is 0. The van der Waals surface area contributed by atoms with Gasteiger partial charge in [0.25, 0.3) is 5.91 Å². The van der Waals surface area contributed by atoms with E-state index in [4.69, 9.17) is 10.9 Å². The van der Waals surface area contributed by atoms with Crippen LogP contribution in [0.3, 0.4) is 0 Å². The van der Waals surface area contributed by atoms with E-state index in [1.54, 1.807) is 12.1 Å². The van der Waals surface area contributed by atoms with Crippen molar-refractivity contribution < 1.29 is 17.6 Å². The SMILES string of the molecule is C=C1CCc2cc(Nc3ncc(C(N)=O)c(Nc4ccccc4S(N)(=O)=O)n3)c(F)cc21. The van der Waals surface area contributed by atoms with Gasteiger partial charge in [0.05, 0.1) is 11.4 Å². The number of sulfonamides is 1. The minimum absolute atomic E-state index is 0.0266. The number of carbonyl (C=O) groups is 1. The number of fused-ring (bicyclic) bond motifs is 1. The van der Waals surface area contributed by atoms with Gasteiger partial charge in [0, 0.05) is 6.20 Å². The highest BCUT2D eigenvalue weighted by Gasteiger charge is 2.20. The number of benzene rings is 2. The third-order valence-electron chi connectivity index (χ3n) is 5.02. The van der Waals surface area contributed by atoms with Gasteiger partial charge in [0.2, 0.25) is 16.0 Å². The van der Waals surface area contributed by atoms with Crippen LogP contribution in [-0.2, 0) is 16.4 Å². The average molecular weight is 454 g/mol.